The maximum atomic E-state index is 13.9. The van der Waals surface area contributed by atoms with E-state index in [1.807, 2.05) is 30.3 Å². The van der Waals surface area contributed by atoms with Crippen molar-refractivity contribution in [1.82, 2.24) is 0 Å². The monoisotopic (exact) mass is 380 g/mol. The topological polar surface area (TPSA) is 55.8 Å². The summed E-state index contributed by atoms with van der Waals surface area (Å²) in [6.07, 6.45) is 0.0790. The summed E-state index contributed by atoms with van der Waals surface area (Å²) in [7, 11) is 0. The predicted octanol–water partition coefficient (Wildman–Crippen LogP) is 4.87. The second-order valence-corrected chi connectivity index (χ2v) is 6.66. The van der Waals surface area contributed by atoms with Gasteiger partial charge in [-0.2, -0.15) is 0 Å². The summed E-state index contributed by atoms with van der Waals surface area (Å²) in [6.45, 7) is 1.88. The van der Waals surface area contributed by atoms with E-state index in [2.05, 4.69) is 0 Å². The molecule has 0 aliphatic heterocycles. The van der Waals surface area contributed by atoms with Gasteiger partial charge in [0.25, 0.3) is 0 Å². The van der Waals surface area contributed by atoms with E-state index in [1.165, 1.54) is 25.1 Å². The van der Waals surface area contributed by atoms with Crippen molar-refractivity contribution in [3.63, 3.8) is 0 Å². The van der Waals surface area contributed by atoms with Crippen LogP contribution in [0.2, 0.25) is 0 Å². The molecule has 0 fully saturated rings. The Hall–Kier alpha value is -3.34. The third-order valence-electron chi connectivity index (χ3n) is 4.34. The number of carboxylic acids is 1. The maximum Gasteiger partial charge on any atom is 0.348 e. The molecule has 1 unspecified atom stereocenters. The van der Waals surface area contributed by atoms with Gasteiger partial charge in [-0.1, -0.05) is 54.6 Å². The summed E-state index contributed by atoms with van der Waals surface area (Å²) in [5, 5.41) is 9.64. The van der Waals surface area contributed by atoms with Crippen molar-refractivity contribution in [1.29, 1.82) is 0 Å². The zero-order valence-electron chi connectivity index (χ0n) is 15.5. The molecule has 0 spiro atoms. The van der Waals surface area contributed by atoms with Gasteiger partial charge in [-0.15, -0.1) is 0 Å². The van der Waals surface area contributed by atoms with Gasteiger partial charge in [0.05, 0.1) is 0 Å². The average molecular weight is 380 g/mol. The number of hydrogen-bond donors (Lipinski definition) is 1. The van der Waals surface area contributed by atoms with Crippen LogP contribution in [0.25, 0.3) is 0 Å². The van der Waals surface area contributed by atoms with Gasteiger partial charge < -0.3 is 14.6 Å². The Labute approximate surface area is 163 Å². The van der Waals surface area contributed by atoms with Crippen LogP contribution in [0, 0.1) is 5.82 Å². The van der Waals surface area contributed by atoms with E-state index in [0.717, 1.165) is 11.1 Å². The fourth-order valence-corrected chi connectivity index (χ4v) is 2.76. The highest BCUT2D eigenvalue weighted by Gasteiger charge is 2.36. The van der Waals surface area contributed by atoms with Crippen LogP contribution in [0.5, 0.6) is 11.5 Å². The van der Waals surface area contributed by atoms with Crippen molar-refractivity contribution < 1.29 is 23.8 Å². The van der Waals surface area contributed by atoms with Crippen molar-refractivity contribution in [2.75, 3.05) is 0 Å². The zero-order chi connectivity index (χ0) is 20.0. The number of carbonyl (C=O) groups is 1. The summed E-state index contributed by atoms with van der Waals surface area (Å²) in [5.41, 5.74) is 0.200. The van der Waals surface area contributed by atoms with E-state index in [0.29, 0.717) is 12.4 Å². The molecule has 0 saturated heterocycles. The van der Waals surface area contributed by atoms with Crippen LogP contribution in [0.3, 0.4) is 0 Å². The lowest BCUT2D eigenvalue weighted by atomic mass is 9.96. The van der Waals surface area contributed by atoms with Crippen molar-refractivity contribution in [3.05, 3.63) is 95.8 Å². The number of ether oxygens (including phenoxy) is 2. The molecule has 0 saturated carbocycles. The Morgan fingerprint density at radius 3 is 2.21 bits per heavy atom. The van der Waals surface area contributed by atoms with Crippen LogP contribution in [0.4, 0.5) is 4.39 Å². The minimum Gasteiger partial charge on any atom is -0.489 e. The van der Waals surface area contributed by atoms with Crippen LogP contribution in [-0.2, 0) is 17.8 Å². The summed E-state index contributed by atoms with van der Waals surface area (Å²) in [4.78, 5) is 11.8. The van der Waals surface area contributed by atoms with Crippen molar-refractivity contribution in [2.45, 2.75) is 25.6 Å². The van der Waals surface area contributed by atoms with Gasteiger partial charge in [0.2, 0.25) is 5.60 Å². The molecule has 5 heteroatoms. The van der Waals surface area contributed by atoms with Crippen LogP contribution >= 0.6 is 0 Å². The highest BCUT2D eigenvalue weighted by atomic mass is 19.1. The number of halogens is 1. The first-order valence-corrected chi connectivity index (χ1v) is 8.89. The Kier molecular flexibility index (Phi) is 5.94. The molecule has 144 valence electrons. The zero-order valence-corrected chi connectivity index (χ0v) is 15.5. The first-order chi connectivity index (χ1) is 13.5. The van der Waals surface area contributed by atoms with Crippen LogP contribution in [-0.4, -0.2) is 16.7 Å². The fraction of sp³-hybridized carbons (Fsp3) is 0.174. The predicted molar refractivity (Wildman–Crippen MR) is 104 cm³/mol. The SMILES string of the molecule is CC(Cc1ccc(OCc2ccccc2)cc1)(Oc1ccccc1F)C(=O)O. The molecule has 28 heavy (non-hydrogen) atoms. The van der Waals surface area contributed by atoms with Crippen LogP contribution < -0.4 is 9.47 Å². The van der Waals surface area contributed by atoms with Gasteiger partial charge in [0.15, 0.2) is 11.6 Å². The van der Waals surface area contributed by atoms with Crippen molar-refractivity contribution in [2.24, 2.45) is 0 Å². The molecule has 0 aliphatic carbocycles. The Morgan fingerprint density at radius 2 is 1.57 bits per heavy atom. The highest BCUT2D eigenvalue weighted by molar-refractivity contribution is 5.78. The van der Waals surface area contributed by atoms with E-state index < -0.39 is 17.4 Å². The van der Waals surface area contributed by atoms with Gasteiger partial charge in [0, 0.05) is 6.42 Å². The number of carboxylic acid groups (broad SMARTS) is 1. The third-order valence-corrected chi connectivity index (χ3v) is 4.34. The third kappa shape index (κ3) is 4.88. The number of hydrogen-bond acceptors (Lipinski definition) is 3. The molecule has 3 aromatic carbocycles. The van der Waals surface area contributed by atoms with Crippen molar-refractivity contribution in [3.8, 4) is 11.5 Å². The Balaban J connectivity index is 1.68. The normalized spacial score (nSPS) is 12.8. The molecule has 4 nitrogen and oxygen atoms in total. The maximum absolute atomic E-state index is 13.9. The smallest absolute Gasteiger partial charge is 0.348 e. The molecular weight excluding hydrogens is 359 g/mol. The molecule has 0 heterocycles. The first kappa shape index (κ1) is 19.4. The molecule has 0 aromatic heterocycles. The van der Waals surface area contributed by atoms with E-state index in [1.54, 1.807) is 30.3 Å². The first-order valence-electron chi connectivity index (χ1n) is 8.89. The van der Waals surface area contributed by atoms with E-state index >= 15 is 0 Å². The van der Waals surface area contributed by atoms with Gasteiger partial charge >= 0.3 is 5.97 Å². The van der Waals surface area contributed by atoms with Gasteiger partial charge in [-0.25, -0.2) is 9.18 Å². The summed E-state index contributed by atoms with van der Waals surface area (Å²) >= 11 is 0. The van der Waals surface area contributed by atoms with Crippen LogP contribution in [0.15, 0.2) is 78.9 Å². The van der Waals surface area contributed by atoms with Gasteiger partial charge in [-0.05, 0) is 42.3 Å². The second kappa shape index (κ2) is 8.57. The molecular formula is C23H21FO4. The summed E-state index contributed by atoms with van der Waals surface area (Å²) < 4.78 is 25.1. The second-order valence-electron chi connectivity index (χ2n) is 6.66. The van der Waals surface area contributed by atoms with E-state index in [-0.39, 0.29) is 12.2 Å². The Morgan fingerprint density at radius 1 is 0.929 bits per heavy atom. The quantitative estimate of drug-likeness (QED) is 0.606. The average Bonchev–Trinajstić information content (AvgIpc) is 2.70. The lowest BCUT2D eigenvalue weighted by molar-refractivity contribution is -0.153. The standard InChI is InChI=1S/C23H21FO4/c1-23(22(25)26,28-21-10-6-5-9-20(21)24)15-17-11-13-19(14-12-17)27-16-18-7-3-2-4-8-18/h2-14H,15-16H2,1H3,(H,25,26). The molecule has 3 rings (SSSR count). The number of para-hydroxylation sites is 1. The molecule has 1 atom stereocenters. The molecule has 3 aromatic rings. The molecule has 1 N–H and O–H groups in total. The lowest BCUT2D eigenvalue weighted by Gasteiger charge is -2.26. The van der Waals surface area contributed by atoms with Crippen LogP contribution in [0.1, 0.15) is 18.1 Å². The Bertz CT molecular complexity index is 925. The molecule has 0 amide bonds. The largest absolute Gasteiger partial charge is 0.489 e. The molecule has 0 bridgehead atoms. The number of aliphatic carboxylic acids is 1. The minimum atomic E-state index is -1.60. The van der Waals surface area contributed by atoms with Gasteiger partial charge in [0.1, 0.15) is 12.4 Å². The molecule has 0 radical (unpaired) electrons. The number of benzene rings is 3. The van der Waals surface area contributed by atoms with Crippen molar-refractivity contribution >= 4 is 5.97 Å². The lowest BCUT2D eigenvalue weighted by Crippen LogP contribution is -2.43. The fourth-order valence-electron chi connectivity index (χ4n) is 2.76. The van der Waals surface area contributed by atoms with E-state index in [9.17, 15) is 14.3 Å². The molecule has 0 aliphatic rings. The minimum absolute atomic E-state index is 0.0790. The number of rotatable bonds is 8. The summed E-state index contributed by atoms with van der Waals surface area (Å²) in [5.74, 6) is -1.17. The van der Waals surface area contributed by atoms with Gasteiger partial charge in [-0.3, -0.25) is 0 Å². The van der Waals surface area contributed by atoms with E-state index in [4.69, 9.17) is 9.47 Å². The highest BCUT2D eigenvalue weighted by Crippen LogP contribution is 2.26. The summed E-state index contributed by atoms with van der Waals surface area (Å²) in [6, 6.07) is 22.7.